The number of rotatable bonds is 5. The van der Waals surface area contributed by atoms with E-state index >= 15 is 0 Å². The molecular formula is C16H25ClFN3O3S. The molecule has 6 nitrogen and oxygen atoms in total. The molecule has 0 saturated carbocycles. The molecule has 1 aliphatic heterocycles. The van der Waals surface area contributed by atoms with E-state index in [1.165, 1.54) is 12.1 Å². The largest absolute Gasteiger partial charge is 0.342 e. The third kappa shape index (κ3) is 5.64. The highest BCUT2D eigenvalue weighted by Crippen LogP contribution is 2.27. The summed E-state index contributed by atoms with van der Waals surface area (Å²) in [6.45, 7) is 5.20. The van der Waals surface area contributed by atoms with Crippen molar-refractivity contribution in [1.82, 2.24) is 9.62 Å². The fourth-order valence-corrected chi connectivity index (χ4v) is 3.77. The van der Waals surface area contributed by atoms with E-state index in [1.54, 1.807) is 4.90 Å². The monoisotopic (exact) mass is 393 g/mol. The number of nitrogens with two attached hydrogens (primary N) is 1. The molecule has 0 spiro atoms. The minimum Gasteiger partial charge on any atom is -0.342 e. The quantitative estimate of drug-likeness (QED) is 0.792. The van der Waals surface area contributed by atoms with Gasteiger partial charge in [0.15, 0.2) is 0 Å². The normalized spacial score (nSPS) is 20.0. The van der Waals surface area contributed by atoms with Crippen molar-refractivity contribution in [3.63, 3.8) is 0 Å². The van der Waals surface area contributed by atoms with Gasteiger partial charge >= 0.3 is 0 Å². The number of hydrogen-bond donors (Lipinski definition) is 2. The first-order valence-electron chi connectivity index (χ1n) is 7.90. The van der Waals surface area contributed by atoms with Crippen LogP contribution in [0.1, 0.15) is 26.7 Å². The first-order chi connectivity index (χ1) is 11.1. The Labute approximate surface area is 154 Å². The Morgan fingerprint density at radius 2 is 1.96 bits per heavy atom. The molecule has 1 unspecified atom stereocenters. The van der Waals surface area contributed by atoms with Crippen LogP contribution in [0.25, 0.3) is 0 Å². The van der Waals surface area contributed by atoms with Crippen LogP contribution in [-0.4, -0.2) is 44.9 Å². The number of amides is 1. The van der Waals surface area contributed by atoms with Crippen molar-refractivity contribution in [3.05, 3.63) is 30.1 Å². The van der Waals surface area contributed by atoms with Crippen LogP contribution < -0.4 is 10.5 Å². The second-order valence-electron chi connectivity index (χ2n) is 6.80. The Morgan fingerprint density at radius 3 is 2.52 bits per heavy atom. The number of nitrogens with zero attached hydrogens (tertiary/aromatic N) is 1. The first kappa shape index (κ1) is 21.8. The Balaban J connectivity index is 0.00000312. The molecule has 25 heavy (non-hydrogen) atoms. The van der Waals surface area contributed by atoms with Crippen molar-refractivity contribution in [2.75, 3.05) is 19.6 Å². The van der Waals surface area contributed by atoms with Crippen molar-refractivity contribution in [2.24, 2.45) is 11.1 Å². The topological polar surface area (TPSA) is 92.5 Å². The van der Waals surface area contributed by atoms with Gasteiger partial charge in [0.1, 0.15) is 5.82 Å². The lowest BCUT2D eigenvalue weighted by Gasteiger charge is -2.42. The van der Waals surface area contributed by atoms with E-state index in [1.807, 2.05) is 13.8 Å². The molecule has 1 amide bonds. The van der Waals surface area contributed by atoms with Crippen molar-refractivity contribution >= 4 is 28.3 Å². The number of carbonyl (C=O) groups is 1. The van der Waals surface area contributed by atoms with Crippen molar-refractivity contribution in [1.29, 1.82) is 0 Å². The van der Waals surface area contributed by atoms with Crippen molar-refractivity contribution in [3.8, 4) is 0 Å². The summed E-state index contributed by atoms with van der Waals surface area (Å²) in [7, 11) is -3.74. The number of likely N-dealkylation sites (tertiary alicyclic amines) is 1. The van der Waals surface area contributed by atoms with Crippen LogP contribution in [0.15, 0.2) is 29.2 Å². The van der Waals surface area contributed by atoms with Crippen LogP contribution in [0.3, 0.4) is 0 Å². The van der Waals surface area contributed by atoms with Gasteiger partial charge in [-0.15, -0.1) is 12.4 Å². The average Bonchev–Trinajstić information content (AvgIpc) is 2.50. The molecule has 2 rings (SSSR count). The van der Waals surface area contributed by atoms with Gasteiger partial charge in [-0.25, -0.2) is 17.5 Å². The van der Waals surface area contributed by atoms with Crippen LogP contribution in [0.4, 0.5) is 4.39 Å². The number of nitrogens with one attached hydrogen (secondary N) is 1. The summed E-state index contributed by atoms with van der Waals surface area (Å²) in [5, 5.41) is 0. The summed E-state index contributed by atoms with van der Waals surface area (Å²) in [6, 6.07) is 4.60. The third-order valence-electron chi connectivity index (χ3n) is 4.42. The molecule has 1 heterocycles. The van der Waals surface area contributed by atoms with E-state index in [0.717, 1.165) is 18.6 Å². The van der Waals surface area contributed by atoms with E-state index in [0.29, 0.717) is 13.1 Å². The maximum Gasteiger partial charge on any atom is 0.240 e. The Hall–Kier alpha value is -1.22. The lowest BCUT2D eigenvalue weighted by Crippen LogP contribution is -2.54. The number of halogens is 2. The smallest absolute Gasteiger partial charge is 0.240 e. The van der Waals surface area contributed by atoms with E-state index in [2.05, 4.69) is 4.72 Å². The minimum atomic E-state index is -3.74. The summed E-state index contributed by atoms with van der Waals surface area (Å²) >= 11 is 0. The molecule has 0 bridgehead atoms. The van der Waals surface area contributed by atoms with Gasteiger partial charge in [-0.1, -0.05) is 13.8 Å². The van der Waals surface area contributed by atoms with Crippen LogP contribution in [0.2, 0.25) is 0 Å². The molecule has 142 valence electrons. The molecule has 9 heteroatoms. The highest BCUT2D eigenvalue weighted by atomic mass is 35.5. The zero-order valence-corrected chi connectivity index (χ0v) is 16.0. The zero-order chi connectivity index (χ0) is 18.0. The Bertz CT molecular complexity index is 695. The predicted molar refractivity (Wildman–Crippen MR) is 96.4 cm³/mol. The summed E-state index contributed by atoms with van der Waals surface area (Å²) < 4.78 is 39.4. The second-order valence-corrected chi connectivity index (χ2v) is 8.57. The molecule has 3 N–H and O–H groups in total. The van der Waals surface area contributed by atoms with Gasteiger partial charge in [-0.3, -0.25) is 4.79 Å². The third-order valence-corrected chi connectivity index (χ3v) is 5.90. The van der Waals surface area contributed by atoms with Crippen molar-refractivity contribution < 1.29 is 17.6 Å². The minimum absolute atomic E-state index is 0. The molecular weight excluding hydrogens is 369 g/mol. The molecule has 0 aromatic heterocycles. The van der Waals surface area contributed by atoms with Gasteiger partial charge < -0.3 is 10.6 Å². The molecule has 1 aromatic carbocycles. The number of sulfonamides is 1. The van der Waals surface area contributed by atoms with Crippen molar-refractivity contribution in [2.45, 2.75) is 37.6 Å². The maximum absolute atomic E-state index is 12.9. The average molecular weight is 394 g/mol. The fraction of sp³-hybridized carbons (Fsp3) is 0.562. The van der Waals surface area contributed by atoms with E-state index in [4.69, 9.17) is 5.73 Å². The van der Waals surface area contributed by atoms with Crippen LogP contribution in [0, 0.1) is 11.2 Å². The molecule has 1 aromatic rings. The summed E-state index contributed by atoms with van der Waals surface area (Å²) in [5.41, 5.74) is 5.90. The van der Waals surface area contributed by atoms with Gasteiger partial charge in [0, 0.05) is 32.1 Å². The highest BCUT2D eigenvalue weighted by molar-refractivity contribution is 7.89. The van der Waals surface area contributed by atoms with Gasteiger partial charge in [0.2, 0.25) is 15.9 Å². The number of carbonyl (C=O) groups excluding carboxylic acids is 1. The summed E-state index contributed by atoms with van der Waals surface area (Å²) in [4.78, 5) is 14.0. The van der Waals surface area contributed by atoms with Crippen LogP contribution >= 0.6 is 12.4 Å². The SMILES string of the molecule is CC1(C)CN(C(=O)CCNS(=O)(=O)c2ccc(F)cc2)CCC1N.Cl. The Kier molecular flexibility index (Phi) is 7.37. The van der Waals surface area contributed by atoms with Gasteiger partial charge in [-0.05, 0) is 36.1 Å². The summed E-state index contributed by atoms with van der Waals surface area (Å²) in [6.07, 6.45) is 0.811. The van der Waals surface area contributed by atoms with Gasteiger partial charge in [0.25, 0.3) is 0 Å². The number of benzene rings is 1. The standard InChI is InChI=1S/C16H24FN3O3S.ClH/c1-16(2)11-20(10-8-14(16)18)15(21)7-9-19-24(22,23)13-5-3-12(17)4-6-13;/h3-6,14,19H,7-11,18H2,1-2H3;1H. The van der Waals surface area contributed by atoms with Crippen LogP contribution in [-0.2, 0) is 14.8 Å². The van der Waals surface area contributed by atoms with E-state index < -0.39 is 15.8 Å². The molecule has 1 fully saturated rings. The summed E-state index contributed by atoms with van der Waals surface area (Å²) in [5.74, 6) is -0.605. The maximum atomic E-state index is 12.9. The molecule has 1 atom stereocenters. The highest BCUT2D eigenvalue weighted by Gasteiger charge is 2.35. The predicted octanol–water partition coefficient (Wildman–Crippen LogP) is 1.50. The number of piperidine rings is 1. The molecule has 0 aliphatic carbocycles. The van der Waals surface area contributed by atoms with E-state index in [9.17, 15) is 17.6 Å². The zero-order valence-electron chi connectivity index (χ0n) is 14.4. The van der Waals surface area contributed by atoms with Gasteiger partial charge in [0.05, 0.1) is 4.90 Å². The molecule has 1 aliphatic rings. The molecule has 0 radical (unpaired) electrons. The van der Waals surface area contributed by atoms with Gasteiger partial charge in [-0.2, -0.15) is 0 Å². The second kappa shape index (κ2) is 8.44. The Morgan fingerprint density at radius 1 is 1.36 bits per heavy atom. The molecule has 1 saturated heterocycles. The van der Waals surface area contributed by atoms with Crippen LogP contribution in [0.5, 0.6) is 0 Å². The lowest BCUT2D eigenvalue weighted by molar-refractivity contribution is -0.134. The number of hydrogen-bond acceptors (Lipinski definition) is 4. The first-order valence-corrected chi connectivity index (χ1v) is 9.39. The lowest BCUT2D eigenvalue weighted by atomic mass is 9.79. The fourth-order valence-electron chi connectivity index (χ4n) is 2.73. The van der Waals surface area contributed by atoms with E-state index in [-0.39, 0.29) is 47.6 Å².